The zero-order valence-electron chi connectivity index (χ0n) is 14.0. The number of hydrogen-bond donors (Lipinski definition) is 0. The molecule has 0 heterocycles. The van der Waals surface area contributed by atoms with Crippen molar-refractivity contribution in [1.29, 1.82) is 5.26 Å². The second-order valence-corrected chi connectivity index (χ2v) is 8.81. The van der Waals surface area contributed by atoms with E-state index in [1.54, 1.807) is 18.2 Å². The molecule has 0 N–H and O–H groups in total. The Hall–Kier alpha value is -1.92. The van der Waals surface area contributed by atoms with Crippen LogP contribution in [0.3, 0.4) is 0 Å². The number of nitriles is 1. The highest BCUT2D eigenvalue weighted by Gasteiger charge is 2.25. The van der Waals surface area contributed by atoms with Crippen LogP contribution in [-0.4, -0.2) is 39.3 Å². The SMILES string of the molecule is CN(C(=O)CN(C)S(=O)(=O)c1ccc(C#N)cc1)c1ccc(Br)cc1Cl. The number of carbonyl (C=O) groups is 1. The number of anilines is 1. The van der Waals surface area contributed by atoms with Gasteiger partial charge in [0.2, 0.25) is 15.9 Å². The third-order valence-electron chi connectivity index (χ3n) is 3.69. The van der Waals surface area contributed by atoms with Gasteiger partial charge in [0.25, 0.3) is 0 Å². The summed E-state index contributed by atoms with van der Waals surface area (Å²) in [6, 6.07) is 12.5. The number of benzene rings is 2. The summed E-state index contributed by atoms with van der Waals surface area (Å²) in [5.41, 5.74) is 0.830. The van der Waals surface area contributed by atoms with Crippen molar-refractivity contribution in [1.82, 2.24) is 4.31 Å². The van der Waals surface area contributed by atoms with Gasteiger partial charge in [0.1, 0.15) is 0 Å². The summed E-state index contributed by atoms with van der Waals surface area (Å²) in [6.45, 7) is -0.356. The van der Waals surface area contributed by atoms with E-state index in [0.717, 1.165) is 8.78 Å². The van der Waals surface area contributed by atoms with Crippen LogP contribution >= 0.6 is 27.5 Å². The number of hydrogen-bond acceptors (Lipinski definition) is 4. The number of sulfonamides is 1. The molecule has 26 heavy (non-hydrogen) atoms. The molecule has 6 nitrogen and oxygen atoms in total. The highest BCUT2D eigenvalue weighted by Crippen LogP contribution is 2.28. The highest BCUT2D eigenvalue weighted by atomic mass is 79.9. The second-order valence-electron chi connectivity index (χ2n) is 5.45. The van der Waals surface area contributed by atoms with Crippen LogP contribution in [0, 0.1) is 11.3 Å². The lowest BCUT2D eigenvalue weighted by Gasteiger charge is -2.22. The normalized spacial score (nSPS) is 11.2. The Morgan fingerprint density at radius 2 is 1.81 bits per heavy atom. The third-order valence-corrected chi connectivity index (χ3v) is 6.31. The summed E-state index contributed by atoms with van der Waals surface area (Å²) < 4.78 is 26.9. The summed E-state index contributed by atoms with van der Waals surface area (Å²) >= 11 is 9.43. The van der Waals surface area contributed by atoms with Gasteiger partial charge in [-0.3, -0.25) is 4.79 Å². The third kappa shape index (κ3) is 4.43. The van der Waals surface area contributed by atoms with E-state index in [2.05, 4.69) is 15.9 Å². The van der Waals surface area contributed by atoms with Gasteiger partial charge >= 0.3 is 0 Å². The largest absolute Gasteiger partial charge is 0.313 e. The van der Waals surface area contributed by atoms with Crippen molar-refractivity contribution in [3.63, 3.8) is 0 Å². The van der Waals surface area contributed by atoms with Crippen molar-refractivity contribution in [2.45, 2.75) is 4.90 Å². The van der Waals surface area contributed by atoms with Crippen LogP contribution in [0.5, 0.6) is 0 Å². The lowest BCUT2D eigenvalue weighted by Crippen LogP contribution is -2.39. The first-order chi connectivity index (χ1) is 12.2. The lowest BCUT2D eigenvalue weighted by atomic mass is 10.2. The number of carbonyl (C=O) groups excluding carboxylic acids is 1. The highest BCUT2D eigenvalue weighted by molar-refractivity contribution is 9.10. The maximum atomic E-state index is 12.6. The van der Waals surface area contributed by atoms with Gasteiger partial charge in [-0.1, -0.05) is 27.5 Å². The molecular formula is C17H15BrClN3O3S. The molecule has 0 saturated heterocycles. The maximum Gasteiger partial charge on any atom is 0.243 e. The van der Waals surface area contributed by atoms with Crippen LogP contribution in [0.1, 0.15) is 5.56 Å². The Balaban J connectivity index is 2.17. The van der Waals surface area contributed by atoms with E-state index < -0.39 is 15.9 Å². The fourth-order valence-corrected chi connectivity index (χ4v) is 4.07. The van der Waals surface area contributed by atoms with Crippen molar-refractivity contribution in [3.05, 3.63) is 57.5 Å². The zero-order chi connectivity index (χ0) is 19.5. The summed E-state index contributed by atoms with van der Waals surface area (Å²) in [5, 5.41) is 9.16. The van der Waals surface area contributed by atoms with Crippen LogP contribution in [0.15, 0.2) is 51.8 Å². The molecular weight excluding hydrogens is 442 g/mol. The average Bonchev–Trinajstić information content (AvgIpc) is 2.61. The standard InChI is InChI=1S/C17H15BrClN3O3S/c1-21(26(24,25)14-6-3-12(10-20)4-7-14)11-17(23)22(2)16-8-5-13(18)9-15(16)19/h3-9H,11H2,1-2H3. The summed E-state index contributed by atoms with van der Waals surface area (Å²) in [7, 11) is -1.01. The summed E-state index contributed by atoms with van der Waals surface area (Å²) in [5.74, 6) is -0.436. The van der Waals surface area contributed by atoms with Crippen molar-refractivity contribution in [3.8, 4) is 6.07 Å². The molecule has 9 heteroatoms. The minimum atomic E-state index is -3.86. The molecule has 0 aliphatic heterocycles. The first-order valence-electron chi connectivity index (χ1n) is 7.35. The van der Waals surface area contributed by atoms with Crippen LogP contribution in [-0.2, 0) is 14.8 Å². The molecule has 0 aliphatic rings. The smallest absolute Gasteiger partial charge is 0.243 e. The number of rotatable bonds is 5. The molecule has 1 amide bonds. The lowest BCUT2D eigenvalue weighted by molar-refractivity contribution is -0.118. The van der Waals surface area contributed by atoms with Gasteiger partial charge in [-0.05, 0) is 42.5 Å². The molecule has 136 valence electrons. The molecule has 0 aromatic heterocycles. The van der Waals surface area contributed by atoms with Crippen molar-refractivity contribution < 1.29 is 13.2 Å². The molecule has 0 radical (unpaired) electrons. The fourth-order valence-electron chi connectivity index (χ4n) is 2.15. The van der Waals surface area contributed by atoms with Crippen LogP contribution in [0.4, 0.5) is 5.69 Å². The van der Waals surface area contributed by atoms with Crippen molar-refractivity contribution >= 4 is 49.1 Å². The quantitative estimate of drug-likeness (QED) is 0.691. The molecule has 2 aromatic rings. The number of likely N-dealkylation sites (N-methyl/N-ethyl adjacent to an activating group) is 2. The Morgan fingerprint density at radius 3 is 2.35 bits per heavy atom. The Labute approximate surface area is 165 Å². The van der Waals surface area contributed by atoms with E-state index in [-0.39, 0.29) is 11.4 Å². The van der Waals surface area contributed by atoms with Gasteiger partial charge in [-0.2, -0.15) is 9.57 Å². The van der Waals surface area contributed by atoms with Crippen LogP contribution < -0.4 is 4.90 Å². The van der Waals surface area contributed by atoms with E-state index in [1.807, 2.05) is 6.07 Å². The van der Waals surface area contributed by atoms with E-state index in [1.165, 1.54) is 43.3 Å². The van der Waals surface area contributed by atoms with E-state index >= 15 is 0 Å². The molecule has 0 unspecified atom stereocenters. The first-order valence-corrected chi connectivity index (χ1v) is 9.96. The molecule has 0 fully saturated rings. The number of nitrogens with zero attached hydrogens (tertiary/aromatic N) is 3. The molecule has 0 atom stereocenters. The first kappa shape index (κ1) is 20.4. The van der Waals surface area contributed by atoms with Crippen molar-refractivity contribution in [2.75, 3.05) is 25.5 Å². The van der Waals surface area contributed by atoms with Gasteiger partial charge in [0.05, 0.1) is 33.8 Å². The number of amides is 1. The molecule has 2 aromatic carbocycles. The van der Waals surface area contributed by atoms with E-state index in [9.17, 15) is 13.2 Å². The van der Waals surface area contributed by atoms with Gasteiger partial charge in [-0.25, -0.2) is 8.42 Å². The summed E-state index contributed by atoms with van der Waals surface area (Å²) in [4.78, 5) is 13.8. The van der Waals surface area contributed by atoms with Gasteiger partial charge in [0, 0.05) is 18.6 Å². The predicted molar refractivity (Wildman–Crippen MR) is 104 cm³/mol. The minimum absolute atomic E-state index is 0.0103. The van der Waals surface area contributed by atoms with Crippen molar-refractivity contribution in [2.24, 2.45) is 0 Å². The molecule has 0 aliphatic carbocycles. The molecule has 0 saturated carbocycles. The average molecular weight is 457 g/mol. The van der Waals surface area contributed by atoms with E-state index in [0.29, 0.717) is 16.3 Å². The topological polar surface area (TPSA) is 81.5 Å². The summed E-state index contributed by atoms with van der Waals surface area (Å²) in [6.07, 6.45) is 0. The number of halogens is 2. The van der Waals surface area contributed by atoms with Crippen LogP contribution in [0.25, 0.3) is 0 Å². The van der Waals surface area contributed by atoms with E-state index in [4.69, 9.17) is 16.9 Å². The molecule has 2 rings (SSSR count). The monoisotopic (exact) mass is 455 g/mol. The maximum absolute atomic E-state index is 12.6. The fraction of sp³-hybridized carbons (Fsp3) is 0.176. The van der Waals surface area contributed by atoms with Gasteiger partial charge in [0.15, 0.2) is 0 Å². The predicted octanol–water partition coefficient (Wildman–Crippen LogP) is 3.26. The Bertz CT molecular complexity index is 972. The zero-order valence-corrected chi connectivity index (χ0v) is 17.1. The molecule has 0 spiro atoms. The molecule has 0 bridgehead atoms. The Morgan fingerprint density at radius 1 is 1.19 bits per heavy atom. The van der Waals surface area contributed by atoms with Gasteiger partial charge < -0.3 is 4.90 Å². The Kier molecular flexibility index (Phi) is 6.42. The van der Waals surface area contributed by atoms with Gasteiger partial charge in [-0.15, -0.1) is 0 Å². The minimum Gasteiger partial charge on any atom is -0.313 e. The van der Waals surface area contributed by atoms with Crippen LogP contribution in [0.2, 0.25) is 5.02 Å². The second kappa shape index (κ2) is 8.18.